The zero-order valence-electron chi connectivity index (χ0n) is 17.3. The van der Waals surface area contributed by atoms with Crippen molar-refractivity contribution in [2.24, 2.45) is 5.92 Å². The molecule has 0 saturated carbocycles. The van der Waals surface area contributed by atoms with Gasteiger partial charge in [-0.15, -0.1) is 0 Å². The second kappa shape index (κ2) is 8.03. The fraction of sp³-hybridized carbons (Fsp3) is 0.167. The van der Waals surface area contributed by atoms with Gasteiger partial charge in [0.15, 0.2) is 6.10 Å². The van der Waals surface area contributed by atoms with E-state index in [0.29, 0.717) is 11.3 Å². The van der Waals surface area contributed by atoms with Crippen molar-refractivity contribution >= 4 is 23.2 Å². The van der Waals surface area contributed by atoms with Gasteiger partial charge in [-0.05, 0) is 29.3 Å². The normalized spacial score (nSPS) is 22.0. The predicted molar refractivity (Wildman–Crippen MR) is 117 cm³/mol. The molecule has 0 bridgehead atoms. The van der Waals surface area contributed by atoms with Crippen molar-refractivity contribution in [3.8, 4) is 5.75 Å². The highest BCUT2D eigenvalue weighted by Gasteiger charge is 2.59. The molecule has 166 valence electrons. The lowest BCUT2D eigenvalue weighted by atomic mass is 9.90. The highest BCUT2D eigenvalue weighted by Crippen LogP contribution is 2.47. The van der Waals surface area contributed by atoms with E-state index in [1.807, 2.05) is 30.3 Å². The number of rotatable bonds is 5. The zero-order valence-corrected chi connectivity index (χ0v) is 17.3. The number of fused-ring (bicyclic) bond motifs is 1. The summed E-state index contributed by atoms with van der Waals surface area (Å²) in [6, 6.07) is 20.6. The molecule has 2 fully saturated rings. The summed E-state index contributed by atoms with van der Waals surface area (Å²) in [4.78, 5) is 44.6. The van der Waals surface area contributed by atoms with Gasteiger partial charge in [-0.1, -0.05) is 48.5 Å². The number of non-ortho nitro benzene ring substituents is 1. The lowest BCUT2D eigenvalue weighted by Crippen LogP contribution is -2.36. The fourth-order valence-electron chi connectivity index (χ4n) is 4.37. The molecule has 0 aliphatic carbocycles. The monoisotopic (exact) mass is 445 g/mol. The lowest BCUT2D eigenvalue weighted by Gasteiger charge is -2.28. The second-order valence-corrected chi connectivity index (χ2v) is 7.94. The molecule has 2 aliphatic rings. The number of nitrogens with zero attached hydrogens (tertiary/aromatic N) is 3. The number of hydroxylamine groups is 1. The minimum Gasteiger partial charge on any atom is -0.508 e. The number of carbonyl (C=O) groups excluding carboxylic acids is 2. The van der Waals surface area contributed by atoms with E-state index in [-0.39, 0.29) is 23.9 Å². The van der Waals surface area contributed by atoms with Gasteiger partial charge in [0.2, 0.25) is 5.91 Å². The van der Waals surface area contributed by atoms with Crippen LogP contribution in [-0.4, -0.2) is 32.8 Å². The third-order valence-electron chi connectivity index (χ3n) is 5.92. The average Bonchev–Trinajstić information content (AvgIpc) is 3.32. The Bertz CT molecular complexity index is 1230. The Morgan fingerprint density at radius 1 is 0.939 bits per heavy atom. The maximum Gasteiger partial charge on any atom is 0.271 e. The van der Waals surface area contributed by atoms with Crippen LogP contribution in [0, 0.1) is 16.0 Å². The van der Waals surface area contributed by atoms with Crippen LogP contribution >= 0.6 is 0 Å². The maximum absolute atomic E-state index is 13.4. The Kier molecular flexibility index (Phi) is 5.02. The average molecular weight is 445 g/mol. The first-order chi connectivity index (χ1) is 15.9. The highest BCUT2D eigenvalue weighted by atomic mass is 16.7. The molecule has 1 N–H and O–H groups in total. The molecule has 3 atom stereocenters. The molecule has 0 aromatic heterocycles. The number of anilines is 1. The number of phenolic OH excluding ortho intramolecular Hbond substituents is 1. The number of amides is 2. The van der Waals surface area contributed by atoms with Gasteiger partial charge in [0.25, 0.3) is 11.6 Å². The summed E-state index contributed by atoms with van der Waals surface area (Å²) in [5, 5.41) is 22.4. The topological polar surface area (TPSA) is 113 Å². The van der Waals surface area contributed by atoms with Crippen LogP contribution in [0.4, 0.5) is 11.4 Å². The van der Waals surface area contributed by atoms with Crippen LogP contribution < -0.4 is 5.06 Å². The number of benzene rings is 3. The molecule has 2 heterocycles. The summed E-state index contributed by atoms with van der Waals surface area (Å²) < 4.78 is 0. The molecule has 2 amide bonds. The number of likely N-dealkylation sites (tertiary alicyclic amines) is 1. The van der Waals surface area contributed by atoms with E-state index >= 15 is 0 Å². The fourth-order valence-corrected chi connectivity index (χ4v) is 4.37. The van der Waals surface area contributed by atoms with E-state index in [9.17, 15) is 24.8 Å². The molecule has 0 unspecified atom stereocenters. The second-order valence-electron chi connectivity index (χ2n) is 7.94. The lowest BCUT2D eigenvalue weighted by molar-refractivity contribution is -0.384. The highest BCUT2D eigenvalue weighted by molar-refractivity contribution is 6.07. The van der Waals surface area contributed by atoms with E-state index in [4.69, 9.17) is 4.84 Å². The molecular formula is C24H19N3O6. The van der Waals surface area contributed by atoms with Crippen molar-refractivity contribution in [3.05, 3.63) is 100 Å². The largest absolute Gasteiger partial charge is 0.508 e. The summed E-state index contributed by atoms with van der Waals surface area (Å²) in [6.07, 6.45) is -1.06. The first-order valence-electron chi connectivity index (χ1n) is 10.3. The third-order valence-corrected chi connectivity index (χ3v) is 5.92. The molecule has 33 heavy (non-hydrogen) atoms. The van der Waals surface area contributed by atoms with Crippen LogP contribution in [0.3, 0.4) is 0 Å². The number of carbonyl (C=O) groups is 2. The van der Waals surface area contributed by atoms with E-state index in [2.05, 4.69) is 0 Å². The van der Waals surface area contributed by atoms with Gasteiger partial charge in [-0.2, -0.15) is 0 Å². The van der Waals surface area contributed by atoms with Crippen LogP contribution in [0.1, 0.15) is 17.2 Å². The van der Waals surface area contributed by atoms with E-state index in [0.717, 1.165) is 5.56 Å². The minimum atomic E-state index is -1.06. The van der Waals surface area contributed by atoms with Crippen molar-refractivity contribution < 1.29 is 24.5 Å². The van der Waals surface area contributed by atoms with Crippen molar-refractivity contribution in [1.29, 1.82) is 0 Å². The van der Waals surface area contributed by atoms with Gasteiger partial charge in [0, 0.05) is 12.1 Å². The third kappa shape index (κ3) is 3.58. The SMILES string of the molecule is O=C1[C@@H]2[C@@H](ON(c3cccc([N+](=O)[O-])c3)[C@H]2c2ccc(O)cc2)C(=O)N1Cc1ccccc1. The number of phenols is 1. The number of imide groups is 1. The zero-order chi connectivity index (χ0) is 23.1. The minimum absolute atomic E-state index is 0.0515. The Balaban J connectivity index is 1.54. The van der Waals surface area contributed by atoms with Crippen LogP contribution in [-0.2, 0) is 21.0 Å². The van der Waals surface area contributed by atoms with Gasteiger partial charge in [-0.25, -0.2) is 5.06 Å². The first kappa shape index (κ1) is 20.7. The molecule has 0 spiro atoms. The van der Waals surface area contributed by atoms with Gasteiger partial charge >= 0.3 is 0 Å². The van der Waals surface area contributed by atoms with Crippen molar-refractivity contribution in [3.63, 3.8) is 0 Å². The molecule has 9 nitrogen and oxygen atoms in total. The number of hydrogen-bond acceptors (Lipinski definition) is 7. The quantitative estimate of drug-likeness (QED) is 0.364. The van der Waals surface area contributed by atoms with Crippen molar-refractivity contribution in [2.75, 3.05) is 5.06 Å². The molecule has 2 saturated heterocycles. The predicted octanol–water partition coefficient (Wildman–Crippen LogP) is 3.35. The first-order valence-corrected chi connectivity index (χ1v) is 10.3. The van der Waals surface area contributed by atoms with Gasteiger partial charge in [-0.3, -0.25) is 29.4 Å². The van der Waals surface area contributed by atoms with Crippen molar-refractivity contribution in [2.45, 2.75) is 18.7 Å². The smallest absolute Gasteiger partial charge is 0.271 e. The number of nitro benzene ring substituents is 1. The summed E-state index contributed by atoms with van der Waals surface area (Å²) >= 11 is 0. The standard InChI is InChI=1S/C24H19N3O6/c28-19-11-9-16(10-12-19)21-20-22(33-26(21)17-7-4-8-18(13-17)27(31)32)24(30)25(23(20)29)14-15-5-2-1-3-6-15/h1-13,20-22,28H,14H2/t20-,21-,22+/m0/s1. The molecule has 0 radical (unpaired) electrons. The Morgan fingerprint density at radius 3 is 2.36 bits per heavy atom. The van der Waals surface area contributed by atoms with E-state index in [1.165, 1.54) is 40.3 Å². The molecule has 3 aromatic rings. The molecule has 3 aromatic carbocycles. The van der Waals surface area contributed by atoms with Crippen molar-refractivity contribution in [1.82, 2.24) is 4.90 Å². The van der Waals surface area contributed by atoms with E-state index < -0.39 is 28.9 Å². The Labute approximate surface area is 188 Å². The van der Waals surface area contributed by atoms with Crippen LogP contribution in [0.15, 0.2) is 78.9 Å². The summed E-state index contributed by atoms with van der Waals surface area (Å²) in [6.45, 7) is 0.133. The van der Waals surface area contributed by atoms with Crippen LogP contribution in [0.25, 0.3) is 0 Å². The maximum atomic E-state index is 13.4. The van der Waals surface area contributed by atoms with Gasteiger partial charge < -0.3 is 5.11 Å². The Morgan fingerprint density at radius 2 is 1.67 bits per heavy atom. The summed E-state index contributed by atoms with van der Waals surface area (Å²) in [5.41, 5.74) is 1.67. The molecule has 5 rings (SSSR count). The summed E-state index contributed by atoms with van der Waals surface area (Å²) in [7, 11) is 0. The number of hydrogen-bond donors (Lipinski definition) is 1. The molecule has 9 heteroatoms. The number of aromatic hydroxyl groups is 1. The summed E-state index contributed by atoms with van der Waals surface area (Å²) in [5.74, 6) is -1.62. The van der Waals surface area contributed by atoms with Gasteiger partial charge in [0.1, 0.15) is 11.7 Å². The molecular weight excluding hydrogens is 426 g/mol. The number of nitro groups is 1. The van der Waals surface area contributed by atoms with Crippen LogP contribution in [0.5, 0.6) is 5.75 Å². The van der Waals surface area contributed by atoms with Gasteiger partial charge in [0.05, 0.1) is 23.2 Å². The Hall–Kier alpha value is -4.24. The van der Waals surface area contributed by atoms with E-state index in [1.54, 1.807) is 18.2 Å². The van der Waals surface area contributed by atoms with Crippen LogP contribution in [0.2, 0.25) is 0 Å². The molecule has 2 aliphatic heterocycles.